The maximum atomic E-state index is 11.1. The van der Waals surface area contributed by atoms with Crippen LogP contribution in [0.1, 0.15) is 26.7 Å². The number of nitro groups is 1. The normalized spacial score (nSPS) is 23.2. The molecule has 0 radical (unpaired) electrons. The zero-order valence-electron chi connectivity index (χ0n) is 11.5. The second kappa shape index (κ2) is 5.38. The van der Waals surface area contributed by atoms with Crippen LogP contribution >= 0.6 is 0 Å². The second-order valence-electron chi connectivity index (χ2n) is 5.08. The van der Waals surface area contributed by atoms with Crippen molar-refractivity contribution in [1.82, 2.24) is 9.97 Å². The Bertz CT molecular complexity index is 479. The van der Waals surface area contributed by atoms with Crippen molar-refractivity contribution in [2.24, 2.45) is 5.92 Å². The number of rotatable bonds is 3. The molecule has 104 valence electrons. The Labute approximate surface area is 112 Å². The highest BCUT2D eigenvalue weighted by Crippen LogP contribution is 2.32. The molecule has 1 saturated heterocycles. The van der Waals surface area contributed by atoms with E-state index in [0.717, 1.165) is 19.4 Å². The summed E-state index contributed by atoms with van der Waals surface area (Å²) in [5.74, 6) is 1.48. The van der Waals surface area contributed by atoms with Crippen LogP contribution < -0.4 is 10.2 Å². The molecule has 2 rings (SSSR count). The van der Waals surface area contributed by atoms with E-state index in [0.29, 0.717) is 17.7 Å². The molecule has 0 spiro atoms. The molecule has 0 saturated carbocycles. The first kappa shape index (κ1) is 13.5. The number of aromatic nitrogens is 2. The zero-order chi connectivity index (χ0) is 14.0. The Morgan fingerprint density at radius 3 is 2.84 bits per heavy atom. The Kier molecular flexibility index (Phi) is 3.82. The van der Waals surface area contributed by atoms with Gasteiger partial charge in [-0.25, -0.2) is 4.98 Å². The van der Waals surface area contributed by atoms with Crippen LogP contribution in [0.25, 0.3) is 0 Å². The monoisotopic (exact) mass is 265 g/mol. The van der Waals surface area contributed by atoms with Crippen molar-refractivity contribution in [3.05, 3.63) is 16.3 Å². The number of nitrogens with one attached hydrogen (secondary N) is 1. The number of hydrogen-bond donors (Lipinski definition) is 1. The fraction of sp³-hybridized carbons (Fsp3) is 0.667. The molecule has 1 aliphatic heterocycles. The van der Waals surface area contributed by atoms with Gasteiger partial charge in [0, 0.05) is 19.6 Å². The molecule has 1 aromatic rings. The lowest BCUT2D eigenvalue weighted by Gasteiger charge is -2.36. The summed E-state index contributed by atoms with van der Waals surface area (Å²) in [7, 11) is 1.70. The molecule has 7 nitrogen and oxygen atoms in total. The summed E-state index contributed by atoms with van der Waals surface area (Å²) in [4.78, 5) is 20.9. The van der Waals surface area contributed by atoms with E-state index in [4.69, 9.17) is 0 Å². The lowest BCUT2D eigenvalue weighted by Crippen LogP contribution is -2.41. The number of nitrogens with zero attached hydrogens (tertiary/aromatic N) is 4. The Balaban J connectivity index is 2.38. The van der Waals surface area contributed by atoms with Gasteiger partial charge in [0.05, 0.1) is 4.92 Å². The van der Waals surface area contributed by atoms with Crippen molar-refractivity contribution >= 4 is 17.5 Å². The highest BCUT2D eigenvalue weighted by molar-refractivity contribution is 5.59. The Morgan fingerprint density at radius 1 is 1.53 bits per heavy atom. The summed E-state index contributed by atoms with van der Waals surface area (Å²) < 4.78 is 0. The van der Waals surface area contributed by atoms with Crippen LogP contribution in [0.2, 0.25) is 0 Å². The van der Waals surface area contributed by atoms with E-state index in [1.54, 1.807) is 7.05 Å². The van der Waals surface area contributed by atoms with Gasteiger partial charge in [-0.2, -0.15) is 4.98 Å². The largest absolute Gasteiger partial charge is 0.357 e. The maximum absolute atomic E-state index is 11.1. The van der Waals surface area contributed by atoms with Crippen LogP contribution in [0.5, 0.6) is 0 Å². The predicted molar refractivity (Wildman–Crippen MR) is 73.4 cm³/mol. The minimum absolute atomic E-state index is 0.0274. The average Bonchev–Trinajstić information content (AvgIpc) is 2.38. The van der Waals surface area contributed by atoms with Crippen molar-refractivity contribution in [2.45, 2.75) is 32.7 Å². The van der Waals surface area contributed by atoms with E-state index in [1.165, 1.54) is 6.20 Å². The number of anilines is 2. The van der Waals surface area contributed by atoms with Crippen LogP contribution in [0.15, 0.2) is 6.20 Å². The third-order valence-corrected chi connectivity index (χ3v) is 3.58. The van der Waals surface area contributed by atoms with E-state index in [2.05, 4.69) is 29.1 Å². The van der Waals surface area contributed by atoms with Gasteiger partial charge in [0.15, 0.2) is 0 Å². The van der Waals surface area contributed by atoms with Crippen molar-refractivity contribution < 1.29 is 4.92 Å². The van der Waals surface area contributed by atoms with Crippen LogP contribution in [-0.4, -0.2) is 34.5 Å². The summed E-state index contributed by atoms with van der Waals surface area (Å²) in [5.41, 5.74) is -0.0274. The first-order chi connectivity index (χ1) is 9.02. The fourth-order valence-corrected chi connectivity index (χ4v) is 2.55. The van der Waals surface area contributed by atoms with E-state index >= 15 is 0 Å². The molecule has 0 aromatic carbocycles. The summed E-state index contributed by atoms with van der Waals surface area (Å²) in [5, 5.41) is 13.9. The first-order valence-electron chi connectivity index (χ1n) is 6.48. The number of piperidine rings is 1. The predicted octanol–water partition coefficient (Wildman–Crippen LogP) is 2.05. The molecule has 0 bridgehead atoms. The molecule has 2 atom stereocenters. The van der Waals surface area contributed by atoms with Gasteiger partial charge in [0.2, 0.25) is 11.8 Å². The van der Waals surface area contributed by atoms with Crippen molar-refractivity contribution in [2.75, 3.05) is 23.8 Å². The molecule has 19 heavy (non-hydrogen) atoms. The van der Waals surface area contributed by atoms with E-state index < -0.39 is 4.92 Å². The van der Waals surface area contributed by atoms with Gasteiger partial charge in [-0.15, -0.1) is 0 Å². The van der Waals surface area contributed by atoms with Gasteiger partial charge in [0.1, 0.15) is 6.20 Å². The summed E-state index contributed by atoms with van der Waals surface area (Å²) in [6, 6.07) is 0.252. The maximum Gasteiger partial charge on any atom is 0.329 e. The highest BCUT2D eigenvalue weighted by Gasteiger charge is 2.30. The average molecular weight is 265 g/mol. The van der Waals surface area contributed by atoms with Gasteiger partial charge >= 0.3 is 5.69 Å². The van der Waals surface area contributed by atoms with Crippen LogP contribution in [0.4, 0.5) is 17.5 Å². The van der Waals surface area contributed by atoms with Crippen molar-refractivity contribution in [1.29, 1.82) is 0 Å². The van der Waals surface area contributed by atoms with Gasteiger partial charge in [-0.3, -0.25) is 10.1 Å². The molecule has 0 amide bonds. The molecule has 1 aromatic heterocycles. The topological polar surface area (TPSA) is 84.2 Å². The summed E-state index contributed by atoms with van der Waals surface area (Å²) in [6.07, 6.45) is 3.33. The lowest BCUT2D eigenvalue weighted by atomic mass is 9.93. The van der Waals surface area contributed by atoms with Crippen molar-refractivity contribution in [3.8, 4) is 0 Å². The lowest BCUT2D eigenvalue weighted by molar-refractivity contribution is -0.384. The minimum Gasteiger partial charge on any atom is -0.357 e. The smallest absolute Gasteiger partial charge is 0.329 e. The molecule has 1 N–H and O–H groups in total. The quantitative estimate of drug-likeness (QED) is 0.665. The molecule has 2 unspecified atom stereocenters. The minimum atomic E-state index is -0.417. The van der Waals surface area contributed by atoms with E-state index in [9.17, 15) is 10.1 Å². The van der Waals surface area contributed by atoms with Gasteiger partial charge in [0.25, 0.3) is 0 Å². The van der Waals surface area contributed by atoms with E-state index in [1.807, 2.05) is 4.90 Å². The third kappa shape index (κ3) is 2.74. The second-order valence-corrected chi connectivity index (χ2v) is 5.08. The van der Waals surface area contributed by atoms with E-state index in [-0.39, 0.29) is 11.7 Å². The summed E-state index contributed by atoms with van der Waals surface area (Å²) >= 11 is 0. The van der Waals surface area contributed by atoms with Gasteiger partial charge in [-0.05, 0) is 25.7 Å². The highest BCUT2D eigenvalue weighted by atomic mass is 16.6. The summed E-state index contributed by atoms with van der Waals surface area (Å²) in [6.45, 7) is 5.09. The standard InChI is InChI=1S/C12H19N5O2/c1-8-4-5-16(9(2)6-8)11-10(17(18)19)7-14-12(13-3)15-11/h7-9H,4-6H2,1-3H3,(H,13,14,15). The third-order valence-electron chi connectivity index (χ3n) is 3.58. The first-order valence-corrected chi connectivity index (χ1v) is 6.48. The molecule has 2 heterocycles. The van der Waals surface area contributed by atoms with Gasteiger partial charge in [-0.1, -0.05) is 6.92 Å². The van der Waals surface area contributed by atoms with Crippen LogP contribution in [-0.2, 0) is 0 Å². The molecule has 7 heteroatoms. The SMILES string of the molecule is CNc1ncc([N+](=O)[O-])c(N2CCC(C)CC2C)n1. The fourth-order valence-electron chi connectivity index (χ4n) is 2.55. The molecule has 0 aliphatic carbocycles. The van der Waals surface area contributed by atoms with Crippen LogP contribution in [0.3, 0.4) is 0 Å². The molecular formula is C12H19N5O2. The van der Waals surface area contributed by atoms with Crippen LogP contribution in [0, 0.1) is 16.0 Å². The number of hydrogen-bond acceptors (Lipinski definition) is 6. The molecule has 1 aliphatic rings. The molecular weight excluding hydrogens is 246 g/mol. The Hall–Kier alpha value is -1.92. The van der Waals surface area contributed by atoms with Crippen molar-refractivity contribution in [3.63, 3.8) is 0 Å². The molecule has 1 fully saturated rings. The van der Waals surface area contributed by atoms with Gasteiger partial charge < -0.3 is 10.2 Å². The zero-order valence-corrected chi connectivity index (χ0v) is 11.5. The Morgan fingerprint density at radius 2 is 2.26 bits per heavy atom.